The molecule has 0 unspecified atom stereocenters. The first kappa shape index (κ1) is 24.0. The number of H-pyrrole nitrogens is 1. The summed E-state index contributed by atoms with van der Waals surface area (Å²) in [6.07, 6.45) is 1.15. The lowest BCUT2D eigenvalue weighted by Crippen LogP contribution is -2.36. The molecule has 0 fully saturated rings. The summed E-state index contributed by atoms with van der Waals surface area (Å²) in [5.74, 6) is -6.84. The Morgan fingerprint density at radius 2 is 1.61 bits per heavy atom. The van der Waals surface area contributed by atoms with Crippen molar-refractivity contribution in [1.29, 1.82) is 0 Å². The van der Waals surface area contributed by atoms with Gasteiger partial charge in [-0.25, -0.2) is 0 Å². The average Bonchev–Trinajstić information content (AvgIpc) is 3.40. The Hall–Kier alpha value is -4.33. The summed E-state index contributed by atoms with van der Waals surface area (Å²) in [5, 5.41) is 33.4. The summed E-state index contributed by atoms with van der Waals surface area (Å²) < 4.78 is 5.32. The first-order chi connectivity index (χ1) is 18.0. The van der Waals surface area contributed by atoms with E-state index in [0.29, 0.717) is 15.4 Å². The summed E-state index contributed by atoms with van der Waals surface area (Å²) in [4.78, 5) is 80.0. The van der Waals surface area contributed by atoms with Gasteiger partial charge in [0.15, 0.2) is 29.4 Å². The monoisotopic (exact) mass is 627 g/mol. The Morgan fingerprint density at radius 3 is 2.21 bits per heavy atom. The molecule has 190 valence electrons. The van der Waals surface area contributed by atoms with Crippen molar-refractivity contribution in [3.8, 4) is 17.2 Å². The number of phenols is 3. The number of methoxy groups -OCH3 is 1. The lowest BCUT2D eigenvalue weighted by atomic mass is 9.76. The molecule has 6 rings (SSSR count). The molecular formula is C26H14INO10. The minimum atomic E-state index is -2.13. The smallest absolute Gasteiger partial charge is 0.260 e. The number of pyridine rings is 1. The molecule has 1 aromatic heterocycles. The Morgan fingerprint density at radius 1 is 0.974 bits per heavy atom. The molecule has 3 aromatic rings. The van der Waals surface area contributed by atoms with E-state index >= 15 is 0 Å². The lowest BCUT2D eigenvalue weighted by molar-refractivity contribution is 0.0790. The number of phenolic OH excluding ortho intramolecular Hbond substituents is 3. The third-order valence-corrected chi connectivity index (χ3v) is 8.72. The van der Waals surface area contributed by atoms with Crippen molar-refractivity contribution in [2.45, 2.75) is 18.3 Å². The molecule has 1 atom stereocenters. The highest BCUT2D eigenvalue weighted by atomic mass is 127. The lowest BCUT2D eigenvalue weighted by Gasteiger charge is -2.23. The van der Waals surface area contributed by atoms with Crippen LogP contribution in [-0.4, -0.2) is 56.8 Å². The van der Waals surface area contributed by atoms with Gasteiger partial charge in [-0.1, -0.05) is 0 Å². The molecule has 1 spiro atoms. The second-order valence-electron chi connectivity index (χ2n) is 9.14. The van der Waals surface area contributed by atoms with Crippen LogP contribution in [0.4, 0.5) is 0 Å². The molecule has 0 saturated carbocycles. The Labute approximate surface area is 224 Å². The van der Waals surface area contributed by atoms with Gasteiger partial charge in [0.2, 0.25) is 5.78 Å². The number of hydrogen-bond acceptors (Lipinski definition) is 10. The van der Waals surface area contributed by atoms with E-state index in [9.17, 15) is 44.1 Å². The number of aromatic nitrogens is 1. The summed E-state index contributed by atoms with van der Waals surface area (Å²) >= 11 is 1.90. The largest absolute Gasteiger partial charge is 0.507 e. The van der Waals surface area contributed by atoms with Gasteiger partial charge in [-0.05, 0) is 47.1 Å². The van der Waals surface area contributed by atoms with Gasteiger partial charge in [0, 0.05) is 20.6 Å². The first-order valence-electron chi connectivity index (χ1n) is 11.1. The van der Waals surface area contributed by atoms with Crippen LogP contribution in [-0.2, 0) is 16.6 Å². The van der Waals surface area contributed by atoms with Crippen LogP contribution in [0.15, 0.2) is 22.7 Å². The number of aldehydes is 1. The van der Waals surface area contributed by atoms with E-state index in [2.05, 4.69) is 4.98 Å². The number of benzene rings is 2. The van der Waals surface area contributed by atoms with E-state index in [1.54, 1.807) is 0 Å². The van der Waals surface area contributed by atoms with Gasteiger partial charge in [0.25, 0.3) is 5.56 Å². The van der Waals surface area contributed by atoms with Crippen LogP contribution < -0.4 is 5.56 Å². The van der Waals surface area contributed by atoms with Crippen molar-refractivity contribution in [2.24, 2.45) is 0 Å². The quantitative estimate of drug-likeness (QED) is 0.142. The number of aromatic hydroxyl groups is 3. The van der Waals surface area contributed by atoms with Crippen molar-refractivity contribution < 1.29 is 44.0 Å². The van der Waals surface area contributed by atoms with Gasteiger partial charge in [-0.3, -0.25) is 28.8 Å². The van der Waals surface area contributed by atoms with Crippen LogP contribution in [0.3, 0.4) is 0 Å². The van der Waals surface area contributed by atoms with Gasteiger partial charge >= 0.3 is 0 Å². The van der Waals surface area contributed by atoms with E-state index in [1.807, 2.05) is 22.6 Å². The molecule has 3 aliphatic carbocycles. The molecule has 38 heavy (non-hydrogen) atoms. The van der Waals surface area contributed by atoms with Crippen LogP contribution in [0, 0.1) is 3.57 Å². The normalized spacial score (nSPS) is 19.6. The molecule has 0 saturated heterocycles. The zero-order valence-corrected chi connectivity index (χ0v) is 21.4. The second kappa shape index (κ2) is 7.60. The average molecular weight is 627 g/mol. The first-order valence-corrected chi connectivity index (χ1v) is 12.2. The topological polar surface area (TPSA) is 188 Å². The fraction of sp³-hybridized carbons (Fsp3) is 0.154. The number of carbonyl (C=O) groups is 5. The Bertz CT molecular complexity index is 1860. The Balaban J connectivity index is 1.68. The van der Waals surface area contributed by atoms with Crippen molar-refractivity contribution >= 4 is 62.8 Å². The van der Waals surface area contributed by atoms with Crippen LogP contribution in [0.1, 0.15) is 69.5 Å². The van der Waals surface area contributed by atoms with Crippen molar-refractivity contribution in [1.82, 2.24) is 4.98 Å². The molecule has 11 nitrogen and oxygen atoms in total. The minimum Gasteiger partial charge on any atom is -0.507 e. The number of nitrogens with one attached hydrogen (secondary N) is 1. The van der Waals surface area contributed by atoms with Gasteiger partial charge < -0.3 is 25.0 Å². The number of allylic oxidation sites excluding steroid dienone is 2. The molecule has 0 amide bonds. The SMILES string of the molecule is COC1=CC(=O)c2c(O)c3c(c(O)c2C1=O)C(=O)[C@]1(CCc2c1c(O)c1c(=O)[nH]c(C=O)cc1c2I)C3=O. The fourth-order valence-corrected chi connectivity index (χ4v) is 6.83. The highest BCUT2D eigenvalue weighted by Gasteiger charge is 2.62. The summed E-state index contributed by atoms with van der Waals surface area (Å²) in [7, 11) is 1.12. The molecule has 1 heterocycles. The highest BCUT2D eigenvalue weighted by Crippen LogP contribution is 2.58. The maximum Gasteiger partial charge on any atom is 0.260 e. The van der Waals surface area contributed by atoms with E-state index in [1.165, 1.54) is 6.07 Å². The van der Waals surface area contributed by atoms with Crippen LogP contribution in [0.2, 0.25) is 0 Å². The van der Waals surface area contributed by atoms with E-state index < -0.39 is 79.4 Å². The van der Waals surface area contributed by atoms with E-state index in [4.69, 9.17) is 4.74 Å². The number of Topliss-reactive ketones (excluding diaryl/α,β-unsaturated/α-hetero) is 3. The summed E-state index contributed by atoms with van der Waals surface area (Å²) in [5.41, 5.74) is -5.37. The number of halogens is 1. The molecule has 12 heteroatoms. The summed E-state index contributed by atoms with van der Waals surface area (Å²) in [6, 6.07) is 1.37. The van der Waals surface area contributed by atoms with Crippen LogP contribution in [0.25, 0.3) is 10.8 Å². The van der Waals surface area contributed by atoms with Crippen LogP contribution >= 0.6 is 22.6 Å². The fourth-order valence-electron chi connectivity index (χ4n) is 5.87. The number of aromatic amines is 1. The predicted molar refractivity (Wildman–Crippen MR) is 137 cm³/mol. The number of hydrogen-bond donors (Lipinski definition) is 4. The molecule has 0 radical (unpaired) electrons. The zero-order valence-electron chi connectivity index (χ0n) is 19.2. The number of carbonyl (C=O) groups excluding carboxylic acids is 5. The molecule has 4 N–H and O–H groups in total. The highest BCUT2D eigenvalue weighted by molar-refractivity contribution is 14.1. The van der Waals surface area contributed by atoms with Crippen molar-refractivity contribution in [3.63, 3.8) is 0 Å². The van der Waals surface area contributed by atoms with Gasteiger partial charge in [0.1, 0.15) is 22.7 Å². The van der Waals surface area contributed by atoms with Gasteiger partial charge in [-0.2, -0.15) is 0 Å². The minimum absolute atomic E-state index is 0.0355. The second-order valence-corrected chi connectivity index (χ2v) is 10.2. The molecule has 0 aliphatic heterocycles. The van der Waals surface area contributed by atoms with Gasteiger partial charge in [-0.15, -0.1) is 0 Å². The maximum atomic E-state index is 14.0. The number of fused-ring (bicyclic) bond motifs is 5. The van der Waals surface area contributed by atoms with Crippen molar-refractivity contribution in [2.75, 3.05) is 7.11 Å². The van der Waals surface area contributed by atoms with Crippen molar-refractivity contribution in [3.05, 3.63) is 70.9 Å². The molecule has 2 aromatic carbocycles. The summed E-state index contributed by atoms with van der Waals surface area (Å²) in [6.45, 7) is 0. The molecule has 0 bridgehead atoms. The maximum absolute atomic E-state index is 14.0. The third-order valence-electron chi connectivity index (χ3n) is 7.49. The predicted octanol–water partition coefficient (Wildman–Crippen LogP) is 2.23. The standard InChI is InChI=1S/C26H14INO10/c1-38-11-5-10(30)13-14(19(11)31)21(33)16-15(20(13)32)23(35)26(24(16)36)3-2-8-17(26)22(34)12-9(18(8)27)4-7(6-29)28-25(12)37/h4-6,32-34H,2-3H2,1H3,(H,28,37)/t26-/m0/s1. The van der Waals surface area contributed by atoms with E-state index in [-0.39, 0.29) is 34.9 Å². The Kier molecular flexibility index (Phi) is 4.81. The van der Waals surface area contributed by atoms with E-state index in [0.717, 1.165) is 13.2 Å². The number of ether oxygens (including phenoxy) is 1. The van der Waals surface area contributed by atoms with Crippen LogP contribution in [0.5, 0.6) is 17.2 Å². The number of rotatable bonds is 2. The molecular weight excluding hydrogens is 613 g/mol. The molecule has 3 aliphatic rings. The number of ketones is 4. The van der Waals surface area contributed by atoms with Gasteiger partial charge in [0.05, 0.1) is 40.4 Å². The zero-order chi connectivity index (χ0) is 27.4. The third kappa shape index (κ3) is 2.57.